The molecule has 0 bridgehead atoms. The molecule has 1 aromatic carbocycles. The third-order valence-electron chi connectivity index (χ3n) is 2.34. The van der Waals surface area contributed by atoms with Crippen molar-refractivity contribution >= 4 is 44.6 Å². The van der Waals surface area contributed by atoms with Crippen molar-refractivity contribution in [1.82, 2.24) is 4.98 Å². The van der Waals surface area contributed by atoms with Gasteiger partial charge in [0.2, 0.25) is 0 Å². The minimum atomic E-state index is 0.646. The monoisotopic (exact) mass is 346 g/mol. The Morgan fingerprint density at radius 2 is 2.28 bits per heavy atom. The smallest absolute Gasteiger partial charge is 0.156 e. The van der Waals surface area contributed by atoms with Gasteiger partial charge in [-0.05, 0) is 35.0 Å². The van der Waals surface area contributed by atoms with E-state index in [0.717, 1.165) is 26.6 Å². The van der Waals surface area contributed by atoms with E-state index < -0.39 is 0 Å². The summed E-state index contributed by atoms with van der Waals surface area (Å²) >= 11 is 11.1. The van der Waals surface area contributed by atoms with Crippen LogP contribution in [-0.4, -0.2) is 12.1 Å². The molecule has 1 aromatic heterocycles. The Labute approximate surface area is 123 Å². The van der Waals surface area contributed by atoms with E-state index >= 15 is 0 Å². The second kappa shape index (κ2) is 5.91. The molecule has 18 heavy (non-hydrogen) atoms. The van der Waals surface area contributed by atoms with Crippen molar-refractivity contribution in [2.45, 2.75) is 13.5 Å². The molecule has 96 valence electrons. The van der Waals surface area contributed by atoms with Gasteiger partial charge in [0, 0.05) is 10.4 Å². The number of methoxy groups -OCH3 is 1. The Bertz CT molecular complexity index is 559. The number of aromatic nitrogens is 1. The van der Waals surface area contributed by atoms with Gasteiger partial charge in [-0.25, -0.2) is 4.98 Å². The number of benzene rings is 1. The number of aryl methyl sites for hydroxylation is 1. The molecule has 6 heteroatoms. The highest BCUT2D eigenvalue weighted by Crippen LogP contribution is 2.36. The Morgan fingerprint density at radius 3 is 2.89 bits per heavy atom. The van der Waals surface area contributed by atoms with Crippen LogP contribution in [0.1, 0.15) is 10.7 Å². The van der Waals surface area contributed by atoms with E-state index in [4.69, 9.17) is 16.3 Å². The van der Waals surface area contributed by atoms with E-state index in [-0.39, 0.29) is 0 Å². The van der Waals surface area contributed by atoms with Gasteiger partial charge in [-0.15, -0.1) is 11.3 Å². The summed E-state index contributed by atoms with van der Waals surface area (Å²) in [6.45, 7) is 2.64. The van der Waals surface area contributed by atoms with Crippen LogP contribution in [0, 0.1) is 6.92 Å². The summed E-state index contributed by atoms with van der Waals surface area (Å²) < 4.78 is 6.17. The van der Waals surface area contributed by atoms with Crippen molar-refractivity contribution in [1.29, 1.82) is 0 Å². The molecule has 0 aliphatic carbocycles. The van der Waals surface area contributed by atoms with Crippen LogP contribution in [0.25, 0.3) is 0 Å². The summed E-state index contributed by atoms with van der Waals surface area (Å²) in [4.78, 5) is 4.40. The first kappa shape index (κ1) is 13.6. The summed E-state index contributed by atoms with van der Waals surface area (Å²) in [7, 11) is 1.63. The molecule has 2 aromatic rings. The first-order valence-corrected chi connectivity index (χ1v) is 7.33. The van der Waals surface area contributed by atoms with E-state index in [2.05, 4.69) is 26.2 Å². The van der Waals surface area contributed by atoms with Crippen molar-refractivity contribution in [2.75, 3.05) is 12.4 Å². The van der Waals surface area contributed by atoms with Crippen molar-refractivity contribution in [3.63, 3.8) is 0 Å². The fourth-order valence-electron chi connectivity index (χ4n) is 1.57. The number of anilines is 1. The highest BCUT2D eigenvalue weighted by molar-refractivity contribution is 9.10. The van der Waals surface area contributed by atoms with Crippen LogP contribution in [0.2, 0.25) is 5.02 Å². The highest BCUT2D eigenvalue weighted by atomic mass is 79.9. The second-order valence-corrected chi connectivity index (χ2v) is 6.03. The third kappa shape index (κ3) is 3.16. The standard InChI is InChI=1S/C12H12BrClN2OS/c1-7-16-9(6-18-7)5-15-11-4-8(14)3-10(13)12(11)17-2/h3-4,6,15H,5H2,1-2H3. The maximum Gasteiger partial charge on any atom is 0.156 e. The van der Waals surface area contributed by atoms with Crippen molar-refractivity contribution in [3.8, 4) is 5.75 Å². The number of nitrogens with zero attached hydrogens (tertiary/aromatic N) is 1. The van der Waals surface area contributed by atoms with E-state index in [9.17, 15) is 0 Å². The molecule has 0 saturated carbocycles. The van der Waals surface area contributed by atoms with Gasteiger partial charge in [0.1, 0.15) is 0 Å². The molecule has 0 atom stereocenters. The van der Waals surface area contributed by atoms with Crippen LogP contribution < -0.4 is 10.1 Å². The zero-order valence-electron chi connectivity index (χ0n) is 9.96. The minimum Gasteiger partial charge on any atom is -0.493 e. The Morgan fingerprint density at radius 1 is 1.50 bits per heavy atom. The van der Waals surface area contributed by atoms with E-state index in [1.54, 1.807) is 24.5 Å². The lowest BCUT2D eigenvalue weighted by molar-refractivity contribution is 0.414. The predicted octanol–water partition coefficient (Wildman–Crippen LogP) is 4.49. The average Bonchev–Trinajstić information content (AvgIpc) is 2.72. The van der Waals surface area contributed by atoms with Crippen LogP contribution in [0.4, 0.5) is 5.69 Å². The van der Waals surface area contributed by atoms with Gasteiger partial charge in [0.15, 0.2) is 5.75 Å². The van der Waals surface area contributed by atoms with Crippen LogP contribution in [0.3, 0.4) is 0 Å². The second-order valence-electron chi connectivity index (χ2n) is 3.68. The Balaban J connectivity index is 2.18. The van der Waals surface area contributed by atoms with Crippen LogP contribution in [-0.2, 0) is 6.54 Å². The number of hydrogen-bond donors (Lipinski definition) is 1. The first-order valence-electron chi connectivity index (χ1n) is 5.28. The topological polar surface area (TPSA) is 34.1 Å². The number of hydrogen-bond acceptors (Lipinski definition) is 4. The molecule has 1 N–H and O–H groups in total. The van der Waals surface area contributed by atoms with E-state index in [1.165, 1.54) is 0 Å². The van der Waals surface area contributed by atoms with Gasteiger partial charge in [-0.3, -0.25) is 0 Å². The molecule has 0 saturated heterocycles. The first-order chi connectivity index (χ1) is 8.60. The summed E-state index contributed by atoms with van der Waals surface area (Å²) in [5.41, 5.74) is 1.86. The summed E-state index contributed by atoms with van der Waals surface area (Å²) in [6, 6.07) is 3.64. The van der Waals surface area contributed by atoms with E-state index in [0.29, 0.717) is 11.6 Å². The summed E-state index contributed by atoms with van der Waals surface area (Å²) in [5, 5.41) is 7.03. The van der Waals surface area contributed by atoms with Crippen molar-refractivity contribution < 1.29 is 4.74 Å². The van der Waals surface area contributed by atoms with Gasteiger partial charge >= 0.3 is 0 Å². The van der Waals surface area contributed by atoms with Crippen LogP contribution in [0.5, 0.6) is 5.75 Å². The number of rotatable bonds is 4. The molecule has 2 rings (SSSR count). The highest BCUT2D eigenvalue weighted by Gasteiger charge is 2.09. The van der Waals surface area contributed by atoms with Crippen molar-refractivity contribution in [2.24, 2.45) is 0 Å². The molecule has 0 amide bonds. The summed E-state index contributed by atoms with van der Waals surface area (Å²) in [5.74, 6) is 0.742. The molecule has 0 aliphatic rings. The molecule has 0 radical (unpaired) electrons. The average molecular weight is 348 g/mol. The van der Waals surface area contributed by atoms with Gasteiger partial charge in [0.25, 0.3) is 0 Å². The molecule has 0 unspecified atom stereocenters. The fourth-order valence-corrected chi connectivity index (χ4v) is 3.16. The maximum absolute atomic E-state index is 6.03. The third-order valence-corrected chi connectivity index (χ3v) is 3.97. The van der Waals surface area contributed by atoms with Crippen molar-refractivity contribution in [3.05, 3.63) is 37.7 Å². The number of thiazole rings is 1. The molecule has 3 nitrogen and oxygen atoms in total. The SMILES string of the molecule is COc1c(Br)cc(Cl)cc1NCc1csc(C)n1. The van der Waals surface area contributed by atoms with Gasteiger partial charge in [0.05, 0.1) is 34.5 Å². The quantitative estimate of drug-likeness (QED) is 0.885. The molecule has 0 spiro atoms. The molecule has 0 aliphatic heterocycles. The summed E-state index contributed by atoms with van der Waals surface area (Å²) in [6.07, 6.45) is 0. The maximum atomic E-state index is 6.03. The van der Waals surface area contributed by atoms with Gasteiger partial charge in [-0.2, -0.15) is 0 Å². The fraction of sp³-hybridized carbons (Fsp3) is 0.250. The lowest BCUT2D eigenvalue weighted by Crippen LogP contribution is -2.02. The molecular weight excluding hydrogens is 336 g/mol. The zero-order valence-corrected chi connectivity index (χ0v) is 13.1. The number of ether oxygens (including phenoxy) is 1. The minimum absolute atomic E-state index is 0.646. The predicted molar refractivity (Wildman–Crippen MR) is 79.9 cm³/mol. The molecule has 0 fully saturated rings. The van der Waals surface area contributed by atoms with Gasteiger partial charge in [-0.1, -0.05) is 11.6 Å². The molecular formula is C12H12BrClN2OS. The molecule has 1 heterocycles. The van der Waals surface area contributed by atoms with Crippen LogP contribution >= 0.6 is 38.9 Å². The lowest BCUT2D eigenvalue weighted by atomic mass is 10.3. The number of nitrogens with one attached hydrogen (secondary N) is 1. The largest absolute Gasteiger partial charge is 0.493 e. The lowest BCUT2D eigenvalue weighted by Gasteiger charge is -2.12. The zero-order chi connectivity index (χ0) is 13.1. The Kier molecular flexibility index (Phi) is 4.48. The van der Waals surface area contributed by atoms with Gasteiger partial charge < -0.3 is 10.1 Å². The van der Waals surface area contributed by atoms with Crippen LogP contribution in [0.15, 0.2) is 22.0 Å². The normalized spacial score (nSPS) is 10.4. The van der Waals surface area contributed by atoms with E-state index in [1.807, 2.05) is 18.4 Å². The number of halogens is 2. The Hall–Kier alpha value is -0.780.